The second-order valence-electron chi connectivity index (χ2n) is 2.89. The van der Waals surface area contributed by atoms with Crippen LogP contribution in [0.4, 0.5) is 11.4 Å². The molecule has 0 aliphatic carbocycles. The zero-order valence-electron chi connectivity index (χ0n) is 7.60. The number of nitrogens with one attached hydrogen (secondary N) is 1. The number of thiophene rings is 1. The number of aromatic nitrogens is 1. The fourth-order valence-electron chi connectivity index (χ4n) is 1.14. The predicted octanol–water partition coefficient (Wildman–Crippen LogP) is 2.34. The summed E-state index contributed by atoms with van der Waals surface area (Å²) in [5.41, 5.74) is 7.63. The molecule has 0 fully saturated rings. The van der Waals surface area contributed by atoms with Gasteiger partial charge in [-0.15, -0.1) is 11.3 Å². The minimum absolute atomic E-state index is 0.759. The third-order valence-corrected chi connectivity index (χ3v) is 2.83. The highest BCUT2D eigenvalue weighted by molar-refractivity contribution is 7.10. The van der Waals surface area contributed by atoms with Gasteiger partial charge in [-0.25, -0.2) is 0 Å². The maximum atomic E-state index is 5.76. The molecule has 2 heterocycles. The summed E-state index contributed by atoms with van der Waals surface area (Å²) in [7, 11) is 0. The number of nitrogens with two attached hydrogens (primary N) is 1. The van der Waals surface area contributed by atoms with Crippen LogP contribution in [0, 0.1) is 0 Å². The normalized spacial score (nSPS) is 10.0. The minimum Gasteiger partial charge on any atom is -0.398 e. The maximum absolute atomic E-state index is 5.76. The van der Waals surface area contributed by atoms with E-state index in [4.69, 9.17) is 5.73 Å². The van der Waals surface area contributed by atoms with Gasteiger partial charge in [0.2, 0.25) is 0 Å². The van der Waals surface area contributed by atoms with Crippen molar-refractivity contribution in [3.8, 4) is 0 Å². The number of pyridine rings is 1. The Morgan fingerprint density at radius 3 is 3.00 bits per heavy atom. The molecule has 4 heteroatoms. The largest absolute Gasteiger partial charge is 0.398 e. The van der Waals surface area contributed by atoms with Crippen molar-refractivity contribution in [2.75, 3.05) is 11.1 Å². The standard InChI is InChI=1S/C10H11N3S/c11-9-3-5-14-10(9)7-13-8-2-1-4-12-6-8/h1-6,13H,7,11H2. The van der Waals surface area contributed by atoms with Gasteiger partial charge in [-0.05, 0) is 23.6 Å². The lowest BCUT2D eigenvalue weighted by Crippen LogP contribution is -1.99. The van der Waals surface area contributed by atoms with Crippen LogP contribution in [0.25, 0.3) is 0 Å². The van der Waals surface area contributed by atoms with Crippen LogP contribution in [0.2, 0.25) is 0 Å². The molecule has 0 unspecified atom stereocenters. The first-order valence-electron chi connectivity index (χ1n) is 4.32. The Labute approximate surface area is 86.6 Å². The maximum Gasteiger partial charge on any atom is 0.0529 e. The molecule has 72 valence electrons. The number of anilines is 2. The monoisotopic (exact) mass is 205 g/mol. The van der Waals surface area contributed by atoms with Crippen molar-refractivity contribution < 1.29 is 0 Å². The van der Waals surface area contributed by atoms with Crippen molar-refractivity contribution >= 4 is 22.7 Å². The first kappa shape index (κ1) is 9.02. The van der Waals surface area contributed by atoms with Gasteiger partial charge >= 0.3 is 0 Å². The van der Waals surface area contributed by atoms with E-state index in [1.807, 2.05) is 23.6 Å². The molecule has 2 aromatic heterocycles. The highest BCUT2D eigenvalue weighted by Gasteiger charge is 1.99. The van der Waals surface area contributed by atoms with Crippen LogP contribution in [0.15, 0.2) is 36.0 Å². The second-order valence-corrected chi connectivity index (χ2v) is 3.90. The molecule has 0 aliphatic heterocycles. The molecular formula is C10H11N3S. The van der Waals surface area contributed by atoms with Crippen LogP contribution in [-0.2, 0) is 6.54 Å². The molecule has 0 bridgehead atoms. The van der Waals surface area contributed by atoms with Gasteiger partial charge in [-0.3, -0.25) is 4.98 Å². The van der Waals surface area contributed by atoms with Crippen LogP contribution in [0.3, 0.4) is 0 Å². The van der Waals surface area contributed by atoms with Gasteiger partial charge in [-0.1, -0.05) is 0 Å². The van der Waals surface area contributed by atoms with E-state index in [1.54, 1.807) is 23.7 Å². The summed E-state index contributed by atoms with van der Waals surface area (Å²) >= 11 is 1.66. The highest BCUT2D eigenvalue weighted by Crippen LogP contribution is 2.19. The van der Waals surface area contributed by atoms with E-state index in [1.165, 1.54) is 0 Å². The molecule has 3 nitrogen and oxygen atoms in total. The van der Waals surface area contributed by atoms with Crippen molar-refractivity contribution in [2.45, 2.75) is 6.54 Å². The molecule has 0 amide bonds. The highest BCUT2D eigenvalue weighted by atomic mass is 32.1. The SMILES string of the molecule is Nc1ccsc1CNc1cccnc1. The second kappa shape index (κ2) is 4.11. The summed E-state index contributed by atoms with van der Waals surface area (Å²) in [4.78, 5) is 5.18. The fraction of sp³-hybridized carbons (Fsp3) is 0.100. The molecule has 2 aromatic rings. The van der Waals surface area contributed by atoms with E-state index in [2.05, 4.69) is 10.3 Å². The first-order chi connectivity index (χ1) is 6.86. The Morgan fingerprint density at radius 2 is 2.36 bits per heavy atom. The lowest BCUT2D eigenvalue weighted by molar-refractivity contribution is 1.18. The van der Waals surface area contributed by atoms with E-state index >= 15 is 0 Å². The van der Waals surface area contributed by atoms with Gasteiger partial charge in [0.1, 0.15) is 0 Å². The number of hydrogen-bond acceptors (Lipinski definition) is 4. The van der Waals surface area contributed by atoms with Crippen molar-refractivity contribution in [3.63, 3.8) is 0 Å². The van der Waals surface area contributed by atoms with Crippen LogP contribution in [-0.4, -0.2) is 4.98 Å². The van der Waals surface area contributed by atoms with Crippen molar-refractivity contribution in [2.24, 2.45) is 0 Å². The average Bonchev–Trinajstić information content (AvgIpc) is 2.63. The average molecular weight is 205 g/mol. The van der Waals surface area contributed by atoms with Gasteiger partial charge in [0.05, 0.1) is 12.2 Å². The molecule has 0 saturated heterocycles. The van der Waals surface area contributed by atoms with Crippen molar-refractivity contribution in [1.29, 1.82) is 0 Å². The van der Waals surface area contributed by atoms with E-state index < -0.39 is 0 Å². The van der Waals surface area contributed by atoms with Crippen LogP contribution < -0.4 is 11.1 Å². The minimum atomic E-state index is 0.759. The van der Waals surface area contributed by atoms with E-state index in [0.29, 0.717) is 0 Å². The zero-order chi connectivity index (χ0) is 9.80. The van der Waals surface area contributed by atoms with Gasteiger partial charge in [-0.2, -0.15) is 0 Å². The summed E-state index contributed by atoms with van der Waals surface area (Å²) in [6, 6.07) is 5.81. The predicted molar refractivity (Wildman–Crippen MR) is 60.3 cm³/mol. The number of nitrogens with zero attached hydrogens (tertiary/aromatic N) is 1. The van der Waals surface area contributed by atoms with E-state index in [9.17, 15) is 0 Å². The third kappa shape index (κ3) is 2.03. The zero-order valence-corrected chi connectivity index (χ0v) is 8.42. The smallest absolute Gasteiger partial charge is 0.0529 e. The molecule has 3 N–H and O–H groups in total. The summed E-state index contributed by atoms with van der Waals surface area (Å²) in [6.07, 6.45) is 3.55. The molecule has 0 atom stereocenters. The topological polar surface area (TPSA) is 50.9 Å². The third-order valence-electron chi connectivity index (χ3n) is 1.89. The lowest BCUT2D eigenvalue weighted by atomic mass is 10.3. The molecule has 0 spiro atoms. The summed E-state index contributed by atoms with van der Waals surface area (Å²) < 4.78 is 0. The lowest BCUT2D eigenvalue weighted by Gasteiger charge is -2.04. The molecule has 0 radical (unpaired) electrons. The van der Waals surface area contributed by atoms with Crippen LogP contribution in [0.5, 0.6) is 0 Å². The summed E-state index contributed by atoms with van der Waals surface area (Å²) in [6.45, 7) is 0.759. The van der Waals surface area contributed by atoms with E-state index in [-0.39, 0.29) is 0 Å². The van der Waals surface area contributed by atoms with Gasteiger partial charge in [0, 0.05) is 23.0 Å². The molecule has 14 heavy (non-hydrogen) atoms. The van der Waals surface area contributed by atoms with Crippen LogP contribution >= 0.6 is 11.3 Å². The molecule has 0 aliphatic rings. The van der Waals surface area contributed by atoms with E-state index in [0.717, 1.165) is 22.8 Å². The van der Waals surface area contributed by atoms with Gasteiger partial charge < -0.3 is 11.1 Å². The fourth-order valence-corrected chi connectivity index (χ4v) is 1.88. The molecule has 0 aromatic carbocycles. The molecular weight excluding hydrogens is 194 g/mol. The summed E-state index contributed by atoms with van der Waals surface area (Å²) in [5, 5.41) is 5.25. The molecule has 0 saturated carbocycles. The Morgan fingerprint density at radius 1 is 1.43 bits per heavy atom. The molecule has 2 rings (SSSR count). The quantitative estimate of drug-likeness (QED) is 0.808. The first-order valence-corrected chi connectivity index (χ1v) is 5.20. The van der Waals surface area contributed by atoms with Gasteiger partial charge in [0.25, 0.3) is 0 Å². The van der Waals surface area contributed by atoms with Gasteiger partial charge in [0.15, 0.2) is 0 Å². The van der Waals surface area contributed by atoms with Crippen molar-refractivity contribution in [3.05, 3.63) is 40.8 Å². The Hall–Kier alpha value is -1.55. The Bertz CT molecular complexity index is 397. The van der Waals surface area contributed by atoms with Crippen LogP contribution in [0.1, 0.15) is 4.88 Å². The number of rotatable bonds is 3. The number of nitrogen functional groups attached to an aromatic ring is 1. The Balaban J connectivity index is 1.99. The Kier molecular flexibility index (Phi) is 2.65. The number of hydrogen-bond donors (Lipinski definition) is 2. The summed E-state index contributed by atoms with van der Waals surface area (Å²) in [5.74, 6) is 0. The van der Waals surface area contributed by atoms with Crippen molar-refractivity contribution in [1.82, 2.24) is 4.98 Å².